The Labute approximate surface area is 190 Å². The summed E-state index contributed by atoms with van der Waals surface area (Å²) in [5, 5.41) is 6.31. The fourth-order valence-corrected chi connectivity index (χ4v) is 2.79. The van der Waals surface area contributed by atoms with Crippen molar-refractivity contribution < 1.29 is 13.2 Å². The lowest BCUT2D eigenvalue weighted by Crippen LogP contribution is -2.38. The van der Waals surface area contributed by atoms with Gasteiger partial charge in [-0.2, -0.15) is 13.2 Å². The van der Waals surface area contributed by atoms with Crippen LogP contribution in [-0.2, 0) is 19.1 Å². The van der Waals surface area contributed by atoms with E-state index in [4.69, 9.17) is 0 Å². The van der Waals surface area contributed by atoms with Gasteiger partial charge >= 0.3 is 6.18 Å². The molecule has 0 saturated heterocycles. The SMILES string of the molecule is CN=C(NCCc1ccc(C(F)(F)F)cc1)NCc1ncc(-c2ccccc2)[nH]1.I. The molecule has 0 aliphatic carbocycles. The number of aromatic nitrogens is 2. The first-order valence-corrected chi connectivity index (χ1v) is 9.15. The summed E-state index contributed by atoms with van der Waals surface area (Å²) in [5.74, 6) is 1.36. The minimum Gasteiger partial charge on any atom is -0.356 e. The highest BCUT2D eigenvalue weighted by atomic mass is 127. The van der Waals surface area contributed by atoms with E-state index in [0.717, 1.165) is 34.8 Å². The summed E-state index contributed by atoms with van der Waals surface area (Å²) in [6.45, 7) is 1.01. The zero-order valence-corrected chi connectivity index (χ0v) is 18.7. The highest BCUT2D eigenvalue weighted by Gasteiger charge is 2.29. The van der Waals surface area contributed by atoms with Crippen molar-refractivity contribution in [3.05, 3.63) is 77.7 Å². The molecule has 2 aromatic carbocycles. The zero-order valence-electron chi connectivity index (χ0n) is 16.3. The summed E-state index contributed by atoms with van der Waals surface area (Å²) in [6, 6.07) is 15.1. The fourth-order valence-electron chi connectivity index (χ4n) is 2.79. The van der Waals surface area contributed by atoms with Crippen LogP contribution in [0.1, 0.15) is 17.0 Å². The van der Waals surface area contributed by atoms with Crippen molar-refractivity contribution in [1.82, 2.24) is 20.6 Å². The maximum atomic E-state index is 12.6. The first kappa shape index (κ1) is 23.7. The summed E-state index contributed by atoms with van der Waals surface area (Å²) < 4.78 is 37.8. The molecule has 0 amide bonds. The second-order valence-corrected chi connectivity index (χ2v) is 6.41. The molecule has 9 heteroatoms. The number of aliphatic imine (C=N–C) groups is 1. The molecule has 1 aromatic heterocycles. The number of nitrogens with one attached hydrogen (secondary N) is 3. The average Bonchev–Trinajstić information content (AvgIpc) is 3.20. The maximum absolute atomic E-state index is 12.6. The van der Waals surface area contributed by atoms with E-state index in [1.54, 1.807) is 13.2 Å². The molecular formula is C21H23F3IN5. The molecule has 0 radical (unpaired) electrons. The molecule has 30 heavy (non-hydrogen) atoms. The third-order valence-electron chi connectivity index (χ3n) is 4.35. The number of H-pyrrole nitrogens is 1. The van der Waals surface area contributed by atoms with Gasteiger partial charge in [0.25, 0.3) is 0 Å². The van der Waals surface area contributed by atoms with Gasteiger partial charge in [0.05, 0.1) is 24.0 Å². The van der Waals surface area contributed by atoms with E-state index in [1.165, 1.54) is 12.1 Å². The van der Waals surface area contributed by atoms with Crippen LogP contribution in [-0.4, -0.2) is 29.5 Å². The second-order valence-electron chi connectivity index (χ2n) is 6.41. The minimum absolute atomic E-state index is 0. The zero-order chi connectivity index (χ0) is 20.7. The van der Waals surface area contributed by atoms with Gasteiger partial charge in [0.1, 0.15) is 5.82 Å². The standard InChI is InChI=1S/C21H22F3N5.HI/c1-25-20(26-12-11-15-7-9-17(10-8-15)21(22,23)24)28-14-19-27-13-18(29-19)16-5-3-2-4-6-16;/h2-10,13H,11-12,14H2,1H3,(H,27,29)(H2,25,26,28);1H. The number of rotatable bonds is 6. The highest BCUT2D eigenvalue weighted by Crippen LogP contribution is 2.29. The Morgan fingerprint density at radius 3 is 2.37 bits per heavy atom. The smallest absolute Gasteiger partial charge is 0.356 e. The van der Waals surface area contributed by atoms with E-state index < -0.39 is 11.7 Å². The van der Waals surface area contributed by atoms with Gasteiger partial charge in [-0.3, -0.25) is 4.99 Å². The van der Waals surface area contributed by atoms with Crippen molar-refractivity contribution in [1.29, 1.82) is 0 Å². The number of guanidine groups is 1. The van der Waals surface area contributed by atoms with E-state index in [0.29, 0.717) is 25.5 Å². The minimum atomic E-state index is -4.31. The average molecular weight is 529 g/mol. The van der Waals surface area contributed by atoms with Crippen LogP contribution in [0.15, 0.2) is 65.8 Å². The van der Waals surface area contributed by atoms with Gasteiger partial charge in [0.2, 0.25) is 0 Å². The van der Waals surface area contributed by atoms with Crippen molar-refractivity contribution in [3.63, 3.8) is 0 Å². The van der Waals surface area contributed by atoms with E-state index in [1.807, 2.05) is 30.3 Å². The molecule has 5 nitrogen and oxygen atoms in total. The number of benzene rings is 2. The molecule has 1 heterocycles. The summed E-state index contributed by atoms with van der Waals surface area (Å²) in [5.41, 5.74) is 2.18. The summed E-state index contributed by atoms with van der Waals surface area (Å²) in [7, 11) is 1.66. The Balaban J connectivity index is 0.00000320. The van der Waals surface area contributed by atoms with E-state index in [9.17, 15) is 13.2 Å². The summed E-state index contributed by atoms with van der Waals surface area (Å²) >= 11 is 0. The molecule has 0 spiro atoms. The third-order valence-corrected chi connectivity index (χ3v) is 4.35. The van der Waals surface area contributed by atoms with Gasteiger partial charge in [-0.25, -0.2) is 4.98 Å². The quantitative estimate of drug-likeness (QED) is 0.248. The summed E-state index contributed by atoms with van der Waals surface area (Å²) in [6.07, 6.45) is -1.94. The molecule has 3 rings (SSSR count). The molecule has 0 fully saturated rings. The number of hydrogen-bond acceptors (Lipinski definition) is 2. The molecule has 0 aliphatic rings. The molecule has 0 bridgehead atoms. The Morgan fingerprint density at radius 1 is 1.03 bits per heavy atom. The molecule has 0 atom stereocenters. The van der Waals surface area contributed by atoms with Gasteiger partial charge in [-0.15, -0.1) is 24.0 Å². The number of imidazole rings is 1. The molecule has 3 aromatic rings. The molecule has 0 aliphatic heterocycles. The van der Waals surface area contributed by atoms with Crippen LogP contribution in [0.4, 0.5) is 13.2 Å². The van der Waals surface area contributed by atoms with Crippen LogP contribution >= 0.6 is 24.0 Å². The van der Waals surface area contributed by atoms with Gasteiger partial charge < -0.3 is 15.6 Å². The fraction of sp³-hybridized carbons (Fsp3) is 0.238. The Bertz CT molecular complexity index is 937. The normalized spacial score (nSPS) is 11.7. The predicted molar refractivity (Wildman–Crippen MR) is 123 cm³/mol. The summed E-state index contributed by atoms with van der Waals surface area (Å²) in [4.78, 5) is 11.8. The monoisotopic (exact) mass is 529 g/mol. The van der Waals surface area contributed by atoms with Crippen molar-refractivity contribution in [2.75, 3.05) is 13.6 Å². The molecule has 160 valence electrons. The maximum Gasteiger partial charge on any atom is 0.416 e. The third kappa shape index (κ3) is 6.75. The highest BCUT2D eigenvalue weighted by molar-refractivity contribution is 14.0. The van der Waals surface area contributed by atoms with Crippen molar-refractivity contribution >= 4 is 29.9 Å². The molecule has 0 saturated carbocycles. The molecular weight excluding hydrogens is 506 g/mol. The van der Waals surface area contributed by atoms with Crippen molar-refractivity contribution in [2.24, 2.45) is 4.99 Å². The Hall–Kier alpha value is -2.56. The lowest BCUT2D eigenvalue weighted by molar-refractivity contribution is -0.137. The van der Waals surface area contributed by atoms with E-state index >= 15 is 0 Å². The Morgan fingerprint density at radius 2 is 1.73 bits per heavy atom. The lowest BCUT2D eigenvalue weighted by atomic mass is 10.1. The van der Waals surface area contributed by atoms with Crippen LogP contribution in [0, 0.1) is 0 Å². The van der Waals surface area contributed by atoms with Gasteiger partial charge in [0, 0.05) is 13.6 Å². The van der Waals surface area contributed by atoms with E-state index in [-0.39, 0.29) is 24.0 Å². The van der Waals surface area contributed by atoms with Crippen LogP contribution in [0.5, 0.6) is 0 Å². The number of nitrogens with zero attached hydrogens (tertiary/aromatic N) is 2. The largest absolute Gasteiger partial charge is 0.416 e. The van der Waals surface area contributed by atoms with Gasteiger partial charge in [0.15, 0.2) is 5.96 Å². The topological polar surface area (TPSA) is 65.1 Å². The number of hydrogen-bond donors (Lipinski definition) is 3. The second kappa shape index (κ2) is 11.0. The lowest BCUT2D eigenvalue weighted by Gasteiger charge is -2.11. The molecule has 0 unspecified atom stereocenters. The van der Waals surface area contributed by atoms with Crippen molar-refractivity contribution in [3.8, 4) is 11.3 Å². The van der Waals surface area contributed by atoms with Gasteiger partial charge in [-0.1, -0.05) is 42.5 Å². The van der Waals surface area contributed by atoms with Crippen molar-refractivity contribution in [2.45, 2.75) is 19.1 Å². The van der Waals surface area contributed by atoms with Crippen LogP contribution in [0.25, 0.3) is 11.3 Å². The number of aromatic amines is 1. The van der Waals surface area contributed by atoms with Crippen LogP contribution in [0.2, 0.25) is 0 Å². The van der Waals surface area contributed by atoms with Crippen LogP contribution in [0.3, 0.4) is 0 Å². The first-order chi connectivity index (χ1) is 14.0. The first-order valence-electron chi connectivity index (χ1n) is 9.15. The number of alkyl halides is 3. The Kier molecular flexibility index (Phi) is 8.70. The predicted octanol–water partition coefficient (Wildman–Crippen LogP) is 4.62. The van der Waals surface area contributed by atoms with Gasteiger partial charge in [-0.05, 0) is 29.7 Å². The number of halogens is 4. The van der Waals surface area contributed by atoms with Crippen LogP contribution < -0.4 is 10.6 Å². The van der Waals surface area contributed by atoms with E-state index in [2.05, 4.69) is 25.6 Å². The molecule has 3 N–H and O–H groups in total.